The van der Waals surface area contributed by atoms with E-state index in [1.165, 1.54) is 32.4 Å². The number of hydrogen-bond donors (Lipinski definition) is 0. The van der Waals surface area contributed by atoms with E-state index in [9.17, 15) is 28.0 Å². The molecule has 0 saturated heterocycles. The van der Waals surface area contributed by atoms with E-state index >= 15 is 0 Å². The Morgan fingerprint density at radius 3 is 2.43 bits per heavy atom. The molecule has 0 aliphatic carbocycles. The number of methoxy groups -OCH3 is 1. The molecular weight excluding hydrogens is 375 g/mol. The minimum atomic E-state index is -4.71. The Kier molecular flexibility index (Phi) is 4.73. The summed E-state index contributed by atoms with van der Waals surface area (Å²) in [5.41, 5.74) is -2.72. The minimum absolute atomic E-state index is 0.0159. The number of fused-ring (bicyclic) bond motifs is 1. The SMILES string of the molecule is COc1cccc2c1c(=O)n(C)c(=O)n2Cc1cccc(C(F)(F)F)c1C#N. The van der Waals surface area contributed by atoms with Crippen molar-refractivity contribution in [3.05, 3.63) is 73.9 Å². The zero-order valence-electron chi connectivity index (χ0n) is 14.9. The first-order chi connectivity index (χ1) is 13.2. The summed E-state index contributed by atoms with van der Waals surface area (Å²) in [6.07, 6.45) is -4.71. The van der Waals surface area contributed by atoms with Gasteiger partial charge in [0.15, 0.2) is 0 Å². The zero-order chi connectivity index (χ0) is 20.6. The monoisotopic (exact) mass is 389 g/mol. The molecule has 6 nitrogen and oxygen atoms in total. The summed E-state index contributed by atoms with van der Waals surface area (Å²) in [4.78, 5) is 25.2. The molecule has 144 valence electrons. The van der Waals surface area contributed by atoms with Crippen LogP contribution in [-0.4, -0.2) is 16.2 Å². The third kappa shape index (κ3) is 3.03. The predicted molar refractivity (Wildman–Crippen MR) is 95.3 cm³/mol. The summed E-state index contributed by atoms with van der Waals surface area (Å²) in [6.45, 7) is -0.316. The minimum Gasteiger partial charge on any atom is -0.496 e. The number of aromatic nitrogens is 2. The van der Waals surface area contributed by atoms with Crippen molar-refractivity contribution >= 4 is 10.9 Å². The number of rotatable bonds is 3. The molecule has 28 heavy (non-hydrogen) atoms. The first-order valence-electron chi connectivity index (χ1n) is 8.06. The smallest absolute Gasteiger partial charge is 0.417 e. The van der Waals surface area contributed by atoms with Gasteiger partial charge in [-0.15, -0.1) is 0 Å². The van der Waals surface area contributed by atoms with Gasteiger partial charge in [0.05, 0.1) is 30.3 Å². The third-order valence-electron chi connectivity index (χ3n) is 4.45. The van der Waals surface area contributed by atoms with Crippen LogP contribution < -0.4 is 16.0 Å². The number of nitrogens with zero attached hydrogens (tertiary/aromatic N) is 3. The van der Waals surface area contributed by atoms with Crippen molar-refractivity contribution in [2.24, 2.45) is 7.05 Å². The molecule has 2 aromatic carbocycles. The van der Waals surface area contributed by atoms with Crippen molar-refractivity contribution in [3.8, 4) is 11.8 Å². The summed E-state index contributed by atoms with van der Waals surface area (Å²) >= 11 is 0. The van der Waals surface area contributed by atoms with Crippen LogP contribution in [0.5, 0.6) is 5.75 Å². The van der Waals surface area contributed by atoms with Gasteiger partial charge in [-0.3, -0.25) is 13.9 Å². The average Bonchev–Trinajstić information content (AvgIpc) is 2.67. The zero-order valence-corrected chi connectivity index (χ0v) is 14.9. The lowest BCUT2D eigenvalue weighted by Gasteiger charge is -2.16. The maximum atomic E-state index is 13.2. The lowest BCUT2D eigenvalue weighted by atomic mass is 10.0. The van der Waals surface area contributed by atoms with E-state index < -0.39 is 28.6 Å². The second-order valence-corrected chi connectivity index (χ2v) is 6.04. The van der Waals surface area contributed by atoms with E-state index in [0.717, 1.165) is 15.2 Å². The molecule has 1 heterocycles. The Balaban J connectivity index is 2.33. The van der Waals surface area contributed by atoms with Crippen molar-refractivity contribution in [3.63, 3.8) is 0 Å². The molecule has 0 atom stereocenters. The summed E-state index contributed by atoms with van der Waals surface area (Å²) in [5, 5.41) is 9.41. The van der Waals surface area contributed by atoms with Gasteiger partial charge in [0.2, 0.25) is 0 Å². The van der Waals surface area contributed by atoms with Gasteiger partial charge in [0.1, 0.15) is 17.2 Å². The number of alkyl halides is 3. The van der Waals surface area contributed by atoms with Gasteiger partial charge >= 0.3 is 11.9 Å². The summed E-state index contributed by atoms with van der Waals surface area (Å²) in [7, 11) is 2.63. The topological polar surface area (TPSA) is 77.0 Å². The van der Waals surface area contributed by atoms with Gasteiger partial charge in [0, 0.05) is 7.05 Å². The van der Waals surface area contributed by atoms with Crippen molar-refractivity contribution in [2.75, 3.05) is 7.11 Å². The van der Waals surface area contributed by atoms with E-state index in [4.69, 9.17) is 4.74 Å². The van der Waals surface area contributed by atoms with Crippen molar-refractivity contribution in [2.45, 2.75) is 12.7 Å². The fourth-order valence-electron chi connectivity index (χ4n) is 3.09. The highest BCUT2D eigenvalue weighted by Gasteiger charge is 2.34. The lowest BCUT2D eigenvalue weighted by molar-refractivity contribution is -0.137. The largest absolute Gasteiger partial charge is 0.496 e. The molecule has 0 aliphatic rings. The predicted octanol–water partition coefficient (Wildman–Crippen LogP) is 2.65. The van der Waals surface area contributed by atoms with Gasteiger partial charge in [-0.1, -0.05) is 18.2 Å². The van der Waals surface area contributed by atoms with E-state index in [2.05, 4.69) is 0 Å². The molecule has 0 fully saturated rings. The molecule has 0 bridgehead atoms. The number of benzene rings is 2. The van der Waals surface area contributed by atoms with Crippen LogP contribution in [-0.2, 0) is 19.8 Å². The molecule has 0 N–H and O–H groups in total. The van der Waals surface area contributed by atoms with Crippen LogP contribution >= 0.6 is 0 Å². The van der Waals surface area contributed by atoms with E-state index in [1.54, 1.807) is 18.2 Å². The summed E-state index contributed by atoms with van der Waals surface area (Å²) in [5.74, 6) is 0.233. The lowest BCUT2D eigenvalue weighted by Crippen LogP contribution is -2.38. The second kappa shape index (κ2) is 6.88. The second-order valence-electron chi connectivity index (χ2n) is 6.04. The van der Waals surface area contributed by atoms with Crippen molar-refractivity contribution in [1.29, 1.82) is 5.26 Å². The van der Waals surface area contributed by atoms with Crippen LogP contribution in [0.25, 0.3) is 10.9 Å². The molecule has 0 amide bonds. The molecule has 0 radical (unpaired) electrons. The fraction of sp³-hybridized carbons (Fsp3) is 0.211. The van der Waals surface area contributed by atoms with Gasteiger partial charge < -0.3 is 4.74 Å². The molecule has 0 aliphatic heterocycles. The van der Waals surface area contributed by atoms with Gasteiger partial charge in [-0.25, -0.2) is 4.79 Å². The van der Waals surface area contributed by atoms with Crippen LogP contribution in [0.1, 0.15) is 16.7 Å². The molecule has 0 spiro atoms. The van der Waals surface area contributed by atoms with Crippen molar-refractivity contribution in [1.82, 2.24) is 9.13 Å². The number of nitriles is 1. The summed E-state index contributed by atoms with van der Waals surface area (Å²) in [6, 6.07) is 9.52. The average molecular weight is 389 g/mol. The highest BCUT2D eigenvalue weighted by atomic mass is 19.4. The van der Waals surface area contributed by atoms with Crippen LogP contribution in [0.2, 0.25) is 0 Å². The highest BCUT2D eigenvalue weighted by Crippen LogP contribution is 2.33. The Hall–Kier alpha value is -3.54. The van der Waals surface area contributed by atoms with Crippen LogP contribution in [0.4, 0.5) is 13.2 Å². The van der Waals surface area contributed by atoms with Gasteiger partial charge in [-0.2, -0.15) is 18.4 Å². The van der Waals surface area contributed by atoms with Gasteiger partial charge in [0.25, 0.3) is 5.56 Å². The normalized spacial score (nSPS) is 11.4. The van der Waals surface area contributed by atoms with E-state index in [-0.39, 0.29) is 28.8 Å². The molecule has 0 saturated carbocycles. The number of hydrogen-bond acceptors (Lipinski definition) is 4. The number of ether oxygens (including phenoxy) is 1. The van der Waals surface area contributed by atoms with Crippen LogP contribution in [0.15, 0.2) is 46.0 Å². The molecule has 0 unspecified atom stereocenters. The van der Waals surface area contributed by atoms with Crippen molar-refractivity contribution < 1.29 is 17.9 Å². The van der Waals surface area contributed by atoms with Crippen LogP contribution in [0, 0.1) is 11.3 Å². The third-order valence-corrected chi connectivity index (χ3v) is 4.45. The molecule has 9 heteroatoms. The summed E-state index contributed by atoms with van der Waals surface area (Å²) < 4.78 is 46.8. The molecular formula is C19H14F3N3O3. The fourth-order valence-corrected chi connectivity index (χ4v) is 3.09. The van der Waals surface area contributed by atoms with E-state index in [0.29, 0.717) is 0 Å². The Bertz CT molecular complexity index is 1230. The quantitative estimate of drug-likeness (QED) is 0.690. The standard InChI is InChI=1S/C19H14F3N3O3/c1-24-17(26)16-14(7-4-8-15(16)28-2)25(18(24)27)10-11-5-3-6-13(12(11)9-23)19(20,21)22/h3-8H,10H2,1-2H3. The Morgan fingerprint density at radius 1 is 1.14 bits per heavy atom. The Morgan fingerprint density at radius 2 is 1.82 bits per heavy atom. The first-order valence-corrected chi connectivity index (χ1v) is 8.06. The first kappa shape index (κ1) is 19.2. The molecule has 1 aromatic heterocycles. The van der Waals surface area contributed by atoms with E-state index in [1.807, 2.05) is 0 Å². The highest BCUT2D eigenvalue weighted by molar-refractivity contribution is 5.84. The maximum absolute atomic E-state index is 13.2. The Labute approximate surface area is 156 Å². The van der Waals surface area contributed by atoms with Gasteiger partial charge in [-0.05, 0) is 23.8 Å². The maximum Gasteiger partial charge on any atom is 0.417 e. The number of halogens is 3. The molecule has 3 rings (SSSR count). The van der Waals surface area contributed by atoms with Crippen LogP contribution in [0.3, 0.4) is 0 Å². The molecule has 3 aromatic rings.